The van der Waals surface area contributed by atoms with E-state index in [0.29, 0.717) is 0 Å². The highest BCUT2D eigenvalue weighted by Gasteiger charge is 2.23. The lowest BCUT2D eigenvalue weighted by atomic mass is 10.1. The van der Waals surface area contributed by atoms with Gasteiger partial charge in [-0.3, -0.25) is 0 Å². The summed E-state index contributed by atoms with van der Waals surface area (Å²) in [5.74, 6) is 1.12. The van der Waals surface area contributed by atoms with Gasteiger partial charge in [-0.2, -0.15) is 0 Å². The number of nitrogens with zero attached hydrogens (tertiary/aromatic N) is 3. The quantitative estimate of drug-likeness (QED) is 0.820. The predicted octanol–water partition coefficient (Wildman–Crippen LogP) is 4.56. The Morgan fingerprint density at radius 1 is 0.913 bits per heavy atom. The zero-order chi connectivity index (χ0) is 15.5. The highest BCUT2D eigenvalue weighted by Crippen LogP contribution is 2.46. The van der Waals surface area contributed by atoms with Crippen molar-refractivity contribution >= 4 is 23.3 Å². The largest absolute Gasteiger partial charge is 0.324 e. The van der Waals surface area contributed by atoms with E-state index in [9.17, 15) is 0 Å². The van der Waals surface area contributed by atoms with Gasteiger partial charge in [-0.25, -0.2) is 4.98 Å². The lowest BCUT2D eigenvalue weighted by molar-refractivity contribution is 0.227. The summed E-state index contributed by atoms with van der Waals surface area (Å²) in [6, 6.07) is 12.9. The number of piperidine rings is 1. The van der Waals surface area contributed by atoms with Crippen LogP contribution in [0, 0.1) is 0 Å². The number of anilines is 2. The van der Waals surface area contributed by atoms with Crippen LogP contribution in [0.5, 0.6) is 0 Å². The summed E-state index contributed by atoms with van der Waals surface area (Å²) in [7, 11) is 0. The van der Waals surface area contributed by atoms with Crippen molar-refractivity contribution in [2.45, 2.75) is 35.5 Å². The molecule has 1 fully saturated rings. The van der Waals surface area contributed by atoms with Gasteiger partial charge in [0.1, 0.15) is 5.82 Å². The maximum Gasteiger partial charge on any atom is 0.147 e. The zero-order valence-corrected chi connectivity index (χ0v) is 14.3. The first-order valence-electron chi connectivity index (χ1n) is 8.63. The lowest BCUT2D eigenvalue weighted by Gasteiger charge is -2.32. The van der Waals surface area contributed by atoms with Crippen LogP contribution in [0.2, 0.25) is 0 Å². The van der Waals surface area contributed by atoms with Crippen molar-refractivity contribution in [1.29, 1.82) is 0 Å². The summed E-state index contributed by atoms with van der Waals surface area (Å²) in [6.45, 7) is 4.80. The number of fused-ring (bicyclic) bond motifs is 2. The molecule has 0 saturated carbocycles. The summed E-state index contributed by atoms with van der Waals surface area (Å²) in [5.41, 5.74) is 1.31. The molecule has 2 aliphatic heterocycles. The molecule has 3 heterocycles. The lowest BCUT2D eigenvalue weighted by Crippen LogP contribution is -2.33. The first-order valence-corrected chi connectivity index (χ1v) is 9.45. The van der Waals surface area contributed by atoms with Crippen LogP contribution in [0.1, 0.15) is 25.7 Å². The van der Waals surface area contributed by atoms with E-state index in [1.807, 2.05) is 24.0 Å². The van der Waals surface area contributed by atoms with Crippen molar-refractivity contribution in [3.63, 3.8) is 0 Å². The molecule has 0 aliphatic carbocycles. The molecule has 120 valence electrons. The maximum absolute atomic E-state index is 4.66. The fraction of sp³-hybridized carbons (Fsp3) is 0.421. The maximum atomic E-state index is 4.66. The molecule has 2 aromatic rings. The average Bonchev–Trinajstić information content (AvgIpc) is 2.62. The van der Waals surface area contributed by atoms with Crippen molar-refractivity contribution in [2.75, 3.05) is 31.1 Å². The molecular formula is C19H23N3S. The molecule has 4 rings (SSSR count). The number of likely N-dealkylation sites (tertiary alicyclic amines) is 1. The number of aromatic nitrogens is 1. The van der Waals surface area contributed by atoms with E-state index in [0.717, 1.165) is 12.4 Å². The van der Waals surface area contributed by atoms with Crippen molar-refractivity contribution in [2.24, 2.45) is 0 Å². The standard InChI is InChI=1S/C19H23N3S/c1-4-12-21(13-5-1)14-7-15-22-16-8-2-3-9-17(16)23-18-10-6-11-20-19(18)22/h2-3,6,8-11H,1,4-5,7,12-15H2. The molecule has 0 unspecified atom stereocenters. The molecule has 4 heteroatoms. The molecule has 1 aromatic heterocycles. The van der Waals surface area contributed by atoms with E-state index in [1.165, 1.54) is 60.8 Å². The Morgan fingerprint density at radius 2 is 1.74 bits per heavy atom. The number of hydrogen-bond acceptors (Lipinski definition) is 4. The minimum Gasteiger partial charge on any atom is -0.324 e. The summed E-state index contributed by atoms with van der Waals surface area (Å²) in [5, 5.41) is 0. The van der Waals surface area contributed by atoms with Gasteiger partial charge < -0.3 is 9.80 Å². The van der Waals surface area contributed by atoms with Gasteiger partial charge in [0.15, 0.2) is 0 Å². The first-order chi connectivity index (χ1) is 11.4. The SMILES string of the molecule is c1ccc2c(c1)Sc1cccnc1N2CCCN1CCCCC1. The van der Waals surface area contributed by atoms with E-state index >= 15 is 0 Å². The Bertz CT molecular complexity index is 622. The molecule has 0 radical (unpaired) electrons. The average molecular weight is 325 g/mol. The molecule has 0 N–H and O–H groups in total. The highest BCUT2D eigenvalue weighted by atomic mass is 32.2. The summed E-state index contributed by atoms with van der Waals surface area (Å²) in [6.07, 6.45) is 7.24. The van der Waals surface area contributed by atoms with Crippen molar-refractivity contribution < 1.29 is 0 Å². The third-order valence-electron chi connectivity index (χ3n) is 4.69. The van der Waals surface area contributed by atoms with Gasteiger partial charge in [0.05, 0.1) is 10.6 Å². The summed E-state index contributed by atoms with van der Waals surface area (Å²) >= 11 is 1.83. The summed E-state index contributed by atoms with van der Waals surface area (Å²) < 4.78 is 0. The van der Waals surface area contributed by atoms with Crippen molar-refractivity contribution in [1.82, 2.24) is 9.88 Å². The van der Waals surface area contributed by atoms with Crippen LogP contribution in [0.25, 0.3) is 0 Å². The second kappa shape index (κ2) is 6.93. The van der Waals surface area contributed by atoms with Crippen LogP contribution >= 0.6 is 11.8 Å². The van der Waals surface area contributed by atoms with Gasteiger partial charge in [-0.05, 0) is 63.2 Å². The Labute approximate surface area is 142 Å². The van der Waals surface area contributed by atoms with Gasteiger partial charge in [-0.1, -0.05) is 30.3 Å². The molecule has 0 amide bonds. The van der Waals surface area contributed by atoms with E-state index < -0.39 is 0 Å². The first kappa shape index (κ1) is 15.0. The smallest absolute Gasteiger partial charge is 0.147 e. The third kappa shape index (κ3) is 3.24. The molecule has 0 atom stereocenters. The monoisotopic (exact) mass is 325 g/mol. The Kier molecular flexibility index (Phi) is 4.53. The van der Waals surface area contributed by atoms with E-state index in [-0.39, 0.29) is 0 Å². The molecule has 1 aromatic carbocycles. The van der Waals surface area contributed by atoms with E-state index in [2.05, 4.69) is 45.1 Å². The van der Waals surface area contributed by atoms with E-state index in [1.54, 1.807) is 0 Å². The fourth-order valence-electron chi connectivity index (χ4n) is 3.53. The van der Waals surface area contributed by atoms with Gasteiger partial charge in [0.2, 0.25) is 0 Å². The van der Waals surface area contributed by atoms with Gasteiger partial charge in [0, 0.05) is 17.6 Å². The van der Waals surface area contributed by atoms with Crippen LogP contribution in [-0.4, -0.2) is 36.1 Å². The minimum atomic E-state index is 1.04. The van der Waals surface area contributed by atoms with Crippen molar-refractivity contribution in [3.05, 3.63) is 42.6 Å². The van der Waals surface area contributed by atoms with Crippen LogP contribution in [0.3, 0.4) is 0 Å². The fourth-order valence-corrected chi connectivity index (χ4v) is 4.59. The minimum absolute atomic E-state index is 1.04. The Morgan fingerprint density at radius 3 is 2.65 bits per heavy atom. The predicted molar refractivity (Wildman–Crippen MR) is 96.7 cm³/mol. The number of para-hydroxylation sites is 1. The number of rotatable bonds is 4. The van der Waals surface area contributed by atoms with Crippen LogP contribution in [0.15, 0.2) is 52.4 Å². The highest BCUT2D eigenvalue weighted by molar-refractivity contribution is 7.99. The van der Waals surface area contributed by atoms with E-state index in [4.69, 9.17) is 0 Å². The van der Waals surface area contributed by atoms with Gasteiger partial charge in [0.25, 0.3) is 0 Å². The summed E-state index contributed by atoms with van der Waals surface area (Å²) in [4.78, 5) is 12.3. The third-order valence-corrected chi connectivity index (χ3v) is 5.79. The molecule has 0 spiro atoms. The Balaban J connectivity index is 1.50. The van der Waals surface area contributed by atoms with Crippen LogP contribution in [0.4, 0.5) is 11.5 Å². The van der Waals surface area contributed by atoms with Gasteiger partial charge in [-0.15, -0.1) is 0 Å². The van der Waals surface area contributed by atoms with Crippen molar-refractivity contribution in [3.8, 4) is 0 Å². The number of pyridine rings is 1. The van der Waals surface area contributed by atoms with Crippen LogP contribution < -0.4 is 4.90 Å². The van der Waals surface area contributed by atoms with Crippen LogP contribution in [-0.2, 0) is 0 Å². The zero-order valence-electron chi connectivity index (χ0n) is 13.4. The van der Waals surface area contributed by atoms with Gasteiger partial charge >= 0.3 is 0 Å². The second-order valence-electron chi connectivity index (χ2n) is 6.30. The molecule has 0 bridgehead atoms. The molecule has 23 heavy (non-hydrogen) atoms. The second-order valence-corrected chi connectivity index (χ2v) is 7.39. The number of hydrogen-bond donors (Lipinski definition) is 0. The topological polar surface area (TPSA) is 19.4 Å². The molecular weight excluding hydrogens is 302 g/mol. The normalized spacial score (nSPS) is 17.7. The Hall–Kier alpha value is -1.52. The molecule has 2 aliphatic rings. The molecule has 3 nitrogen and oxygen atoms in total. The number of benzene rings is 1. The molecule has 1 saturated heterocycles.